The lowest BCUT2D eigenvalue weighted by Gasteiger charge is -1.97. The van der Waals surface area contributed by atoms with Gasteiger partial charge in [-0.05, 0) is 36.3 Å². The minimum atomic E-state index is 0.727. The summed E-state index contributed by atoms with van der Waals surface area (Å²) in [6.45, 7) is 0. The molecular weight excluding hydrogens is 166 g/mol. The van der Waals surface area contributed by atoms with Crippen molar-refractivity contribution in [1.29, 1.82) is 5.26 Å². The summed E-state index contributed by atoms with van der Waals surface area (Å²) in [6, 6.07) is 9.81. The van der Waals surface area contributed by atoms with E-state index in [1.807, 2.05) is 24.3 Å². The maximum absolute atomic E-state index is 8.54. The number of thiol groups is 1. The molecule has 0 saturated carbocycles. The van der Waals surface area contributed by atoms with E-state index in [1.54, 1.807) is 0 Å². The number of nitrogens with zero attached hydrogens (tertiary/aromatic N) is 1. The van der Waals surface area contributed by atoms with Gasteiger partial charge in [0.05, 0.1) is 11.6 Å². The van der Waals surface area contributed by atoms with Crippen molar-refractivity contribution in [3.63, 3.8) is 0 Å². The van der Waals surface area contributed by atoms with E-state index < -0.39 is 0 Å². The Labute approximate surface area is 78.4 Å². The lowest BCUT2D eigenvalue weighted by molar-refractivity contribution is 0.936. The summed E-state index contributed by atoms with van der Waals surface area (Å²) in [7, 11) is 0. The van der Waals surface area contributed by atoms with Gasteiger partial charge in [0.25, 0.3) is 0 Å². The molecule has 0 saturated heterocycles. The Hall–Kier alpha value is -0.940. The van der Waals surface area contributed by atoms with Crippen LogP contribution in [0.4, 0.5) is 0 Å². The van der Waals surface area contributed by atoms with E-state index in [1.165, 1.54) is 5.56 Å². The quantitative estimate of drug-likeness (QED) is 0.704. The van der Waals surface area contributed by atoms with Crippen LogP contribution >= 0.6 is 12.6 Å². The number of hydrogen-bond donors (Lipinski definition) is 1. The first-order chi connectivity index (χ1) is 5.86. The van der Waals surface area contributed by atoms with Gasteiger partial charge in [-0.25, -0.2) is 0 Å². The molecule has 0 atom stereocenters. The molecule has 1 nitrogen and oxygen atoms in total. The first-order valence-electron chi connectivity index (χ1n) is 3.96. The Morgan fingerprint density at radius 2 is 1.92 bits per heavy atom. The summed E-state index contributed by atoms with van der Waals surface area (Å²) in [5, 5.41) is 8.54. The zero-order chi connectivity index (χ0) is 8.81. The number of benzene rings is 1. The Kier molecular flexibility index (Phi) is 3.69. The van der Waals surface area contributed by atoms with Crippen LogP contribution in [0.15, 0.2) is 24.3 Å². The number of aryl methyl sites for hydroxylation is 1. The molecule has 1 aromatic carbocycles. The molecule has 0 amide bonds. The highest BCUT2D eigenvalue weighted by Gasteiger charge is 1.92. The molecule has 0 aliphatic rings. The molecule has 0 aliphatic heterocycles. The van der Waals surface area contributed by atoms with E-state index in [4.69, 9.17) is 5.26 Å². The molecule has 0 aromatic heterocycles. The zero-order valence-corrected chi connectivity index (χ0v) is 7.72. The third kappa shape index (κ3) is 2.60. The summed E-state index contributed by atoms with van der Waals surface area (Å²) in [4.78, 5) is 0. The van der Waals surface area contributed by atoms with Gasteiger partial charge in [-0.15, -0.1) is 0 Å². The van der Waals surface area contributed by atoms with E-state index in [-0.39, 0.29) is 0 Å². The molecule has 2 heteroatoms. The third-order valence-electron chi connectivity index (χ3n) is 1.71. The van der Waals surface area contributed by atoms with Gasteiger partial charge in [0.1, 0.15) is 0 Å². The van der Waals surface area contributed by atoms with E-state index in [0.29, 0.717) is 0 Å². The van der Waals surface area contributed by atoms with Crippen molar-refractivity contribution in [1.82, 2.24) is 0 Å². The van der Waals surface area contributed by atoms with Gasteiger partial charge in [0.2, 0.25) is 0 Å². The summed E-state index contributed by atoms with van der Waals surface area (Å²) in [5.74, 6) is 0.917. The summed E-state index contributed by atoms with van der Waals surface area (Å²) in [6.07, 6.45) is 2.14. The van der Waals surface area contributed by atoms with Gasteiger partial charge < -0.3 is 0 Å². The van der Waals surface area contributed by atoms with Crippen molar-refractivity contribution >= 4 is 12.6 Å². The number of nitriles is 1. The fraction of sp³-hybridized carbons (Fsp3) is 0.300. The first kappa shape index (κ1) is 9.15. The molecule has 12 heavy (non-hydrogen) atoms. The molecule has 0 aliphatic carbocycles. The molecule has 0 radical (unpaired) electrons. The predicted octanol–water partition coefficient (Wildman–Crippen LogP) is 2.42. The van der Waals surface area contributed by atoms with E-state index in [0.717, 1.165) is 24.2 Å². The molecule has 0 spiro atoms. The molecule has 0 heterocycles. The Bertz CT molecular complexity index is 271. The van der Waals surface area contributed by atoms with Gasteiger partial charge >= 0.3 is 0 Å². The van der Waals surface area contributed by atoms with Crippen molar-refractivity contribution in [2.45, 2.75) is 12.8 Å². The van der Waals surface area contributed by atoms with Crippen LogP contribution in [0.1, 0.15) is 17.5 Å². The molecule has 0 fully saturated rings. The predicted molar refractivity (Wildman–Crippen MR) is 53.3 cm³/mol. The van der Waals surface area contributed by atoms with Crippen molar-refractivity contribution in [3.05, 3.63) is 35.4 Å². The number of hydrogen-bond acceptors (Lipinski definition) is 2. The third-order valence-corrected chi connectivity index (χ3v) is 2.02. The lowest BCUT2D eigenvalue weighted by Crippen LogP contribution is -1.85. The lowest BCUT2D eigenvalue weighted by atomic mass is 10.1. The first-order valence-corrected chi connectivity index (χ1v) is 4.60. The molecule has 1 aromatic rings. The highest BCUT2D eigenvalue weighted by molar-refractivity contribution is 7.80. The summed E-state index contributed by atoms with van der Waals surface area (Å²) in [5.41, 5.74) is 2.01. The second-order valence-electron chi connectivity index (χ2n) is 2.64. The maximum atomic E-state index is 8.54. The smallest absolute Gasteiger partial charge is 0.0991 e. The molecule has 0 bridgehead atoms. The molecule has 0 unspecified atom stereocenters. The van der Waals surface area contributed by atoms with Crippen LogP contribution in [0, 0.1) is 11.3 Å². The van der Waals surface area contributed by atoms with Crippen molar-refractivity contribution in [2.75, 3.05) is 5.75 Å². The molecule has 0 N–H and O–H groups in total. The van der Waals surface area contributed by atoms with Crippen LogP contribution < -0.4 is 0 Å². The number of rotatable bonds is 3. The Balaban J connectivity index is 2.60. The zero-order valence-electron chi connectivity index (χ0n) is 6.83. The van der Waals surface area contributed by atoms with Crippen LogP contribution in [-0.2, 0) is 6.42 Å². The second kappa shape index (κ2) is 4.84. The van der Waals surface area contributed by atoms with Gasteiger partial charge in [-0.1, -0.05) is 12.1 Å². The van der Waals surface area contributed by atoms with Gasteiger partial charge in [0, 0.05) is 0 Å². The minimum Gasteiger partial charge on any atom is -0.192 e. The van der Waals surface area contributed by atoms with E-state index in [2.05, 4.69) is 18.7 Å². The van der Waals surface area contributed by atoms with Crippen LogP contribution in [0.5, 0.6) is 0 Å². The Morgan fingerprint density at radius 3 is 2.42 bits per heavy atom. The monoisotopic (exact) mass is 177 g/mol. The summed E-state index contributed by atoms with van der Waals surface area (Å²) < 4.78 is 0. The van der Waals surface area contributed by atoms with E-state index in [9.17, 15) is 0 Å². The standard InChI is InChI=1S/C10H11NS/c11-8-10-5-3-9(4-6-10)2-1-7-12/h3-6,12H,1-2,7H2. The minimum absolute atomic E-state index is 0.727. The maximum Gasteiger partial charge on any atom is 0.0991 e. The SMILES string of the molecule is N#Cc1ccc(CCCS)cc1. The van der Waals surface area contributed by atoms with Crippen molar-refractivity contribution in [3.8, 4) is 6.07 Å². The normalized spacial score (nSPS) is 9.33. The summed E-state index contributed by atoms with van der Waals surface area (Å²) >= 11 is 4.14. The van der Waals surface area contributed by atoms with E-state index >= 15 is 0 Å². The molecular formula is C10H11NS. The van der Waals surface area contributed by atoms with Crippen molar-refractivity contribution < 1.29 is 0 Å². The highest BCUT2D eigenvalue weighted by atomic mass is 32.1. The topological polar surface area (TPSA) is 23.8 Å². The Morgan fingerprint density at radius 1 is 1.25 bits per heavy atom. The molecule has 1 rings (SSSR count). The fourth-order valence-electron chi connectivity index (χ4n) is 1.03. The van der Waals surface area contributed by atoms with Crippen LogP contribution in [0.3, 0.4) is 0 Å². The fourth-order valence-corrected chi connectivity index (χ4v) is 1.19. The van der Waals surface area contributed by atoms with Gasteiger partial charge in [-0.2, -0.15) is 17.9 Å². The van der Waals surface area contributed by atoms with Crippen LogP contribution in [0.2, 0.25) is 0 Å². The largest absolute Gasteiger partial charge is 0.192 e. The molecule has 62 valence electrons. The second-order valence-corrected chi connectivity index (χ2v) is 3.08. The van der Waals surface area contributed by atoms with Crippen molar-refractivity contribution in [2.24, 2.45) is 0 Å². The highest BCUT2D eigenvalue weighted by Crippen LogP contribution is 2.05. The average Bonchev–Trinajstić information content (AvgIpc) is 2.15. The van der Waals surface area contributed by atoms with Gasteiger partial charge in [-0.3, -0.25) is 0 Å². The van der Waals surface area contributed by atoms with Gasteiger partial charge in [0.15, 0.2) is 0 Å². The van der Waals surface area contributed by atoms with Crippen LogP contribution in [0.25, 0.3) is 0 Å². The average molecular weight is 177 g/mol. The van der Waals surface area contributed by atoms with Crippen LogP contribution in [-0.4, -0.2) is 5.75 Å².